The first kappa shape index (κ1) is 21.5. The number of carbonyl (C=O) groups excluding carboxylic acids is 1. The number of thiazole rings is 1. The van der Waals surface area contributed by atoms with Gasteiger partial charge in [0.15, 0.2) is 0 Å². The van der Waals surface area contributed by atoms with Crippen LogP contribution >= 0.6 is 34.4 Å². The van der Waals surface area contributed by atoms with E-state index in [1.807, 2.05) is 36.7 Å². The molecule has 1 fully saturated rings. The zero-order valence-electron chi connectivity index (χ0n) is 16.5. The Kier molecular flexibility index (Phi) is 6.31. The molecule has 1 N–H and O–H groups in total. The quantitative estimate of drug-likeness (QED) is 0.581. The lowest BCUT2D eigenvalue weighted by molar-refractivity contribution is -0.124. The third-order valence-electron chi connectivity index (χ3n) is 4.96. The average molecular weight is 480 g/mol. The Morgan fingerprint density at radius 3 is 2.80 bits per heavy atom. The Labute approximate surface area is 188 Å². The third-order valence-corrected chi connectivity index (χ3v) is 9.91. The second kappa shape index (κ2) is 8.80. The van der Waals surface area contributed by atoms with Gasteiger partial charge in [-0.1, -0.05) is 12.1 Å². The van der Waals surface area contributed by atoms with Crippen LogP contribution in [0.1, 0.15) is 16.8 Å². The van der Waals surface area contributed by atoms with Gasteiger partial charge in [0.25, 0.3) is 0 Å². The summed E-state index contributed by atoms with van der Waals surface area (Å²) in [6, 6.07) is 8.34. The summed E-state index contributed by atoms with van der Waals surface area (Å²) >= 11 is 4.60. The zero-order chi connectivity index (χ0) is 21.3. The third kappa shape index (κ3) is 4.33. The molecule has 1 aliphatic heterocycles. The van der Waals surface area contributed by atoms with E-state index in [0.29, 0.717) is 5.75 Å². The van der Waals surface area contributed by atoms with Gasteiger partial charge < -0.3 is 5.32 Å². The van der Waals surface area contributed by atoms with Crippen molar-refractivity contribution in [1.29, 1.82) is 0 Å². The molecule has 158 valence electrons. The molecular formula is C20H21N3O3S4. The maximum absolute atomic E-state index is 13.1. The first-order valence-electron chi connectivity index (χ1n) is 9.29. The molecule has 0 saturated carbocycles. The van der Waals surface area contributed by atoms with E-state index in [4.69, 9.17) is 0 Å². The van der Waals surface area contributed by atoms with E-state index in [9.17, 15) is 13.2 Å². The van der Waals surface area contributed by atoms with Crippen LogP contribution in [0.3, 0.4) is 0 Å². The number of rotatable bonds is 6. The number of nitrogens with zero attached hydrogens (tertiary/aromatic N) is 2. The van der Waals surface area contributed by atoms with Crippen LogP contribution in [0.15, 0.2) is 46.0 Å². The molecule has 0 spiro atoms. The van der Waals surface area contributed by atoms with Crippen LogP contribution < -0.4 is 5.32 Å². The monoisotopic (exact) mass is 479 g/mol. The molecule has 6 nitrogen and oxygen atoms in total. The predicted molar refractivity (Wildman–Crippen MR) is 123 cm³/mol. The molecule has 30 heavy (non-hydrogen) atoms. The van der Waals surface area contributed by atoms with E-state index in [1.54, 1.807) is 29.5 Å². The maximum Gasteiger partial charge on any atom is 0.244 e. The van der Waals surface area contributed by atoms with Crippen LogP contribution in [-0.2, 0) is 21.4 Å². The summed E-state index contributed by atoms with van der Waals surface area (Å²) in [6.45, 7) is 4.10. The number of thiophene rings is 1. The van der Waals surface area contributed by atoms with Gasteiger partial charge in [0.05, 0.1) is 27.9 Å². The molecule has 1 amide bonds. The molecule has 2 aromatic heterocycles. The number of benzene rings is 1. The first-order chi connectivity index (χ1) is 14.4. The summed E-state index contributed by atoms with van der Waals surface area (Å²) in [4.78, 5) is 18.7. The second-order valence-electron chi connectivity index (χ2n) is 6.99. The summed E-state index contributed by atoms with van der Waals surface area (Å²) < 4.78 is 27.6. The summed E-state index contributed by atoms with van der Waals surface area (Å²) in [7, 11) is -3.74. The number of nitrogens with one attached hydrogen (secondary N) is 1. The molecule has 1 unspecified atom stereocenters. The van der Waals surface area contributed by atoms with Gasteiger partial charge >= 0.3 is 0 Å². The van der Waals surface area contributed by atoms with Crippen molar-refractivity contribution in [1.82, 2.24) is 14.6 Å². The van der Waals surface area contributed by atoms with Crippen molar-refractivity contribution < 1.29 is 13.2 Å². The number of aromatic nitrogens is 1. The lowest BCUT2D eigenvalue weighted by Gasteiger charge is -2.22. The Morgan fingerprint density at radius 2 is 2.07 bits per heavy atom. The minimum Gasteiger partial charge on any atom is -0.349 e. The van der Waals surface area contributed by atoms with Crippen molar-refractivity contribution in [3.63, 3.8) is 0 Å². The molecule has 4 rings (SSSR count). The van der Waals surface area contributed by atoms with Gasteiger partial charge in [0, 0.05) is 11.1 Å². The molecule has 0 bridgehead atoms. The molecule has 0 aliphatic carbocycles. The number of aryl methyl sites for hydroxylation is 2. The van der Waals surface area contributed by atoms with Gasteiger partial charge in [0.2, 0.25) is 15.9 Å². The van der Waals surface area contributed by atoms with Crippen molar-refractivity contribution in [2.24, 2.45) is 0 Å². The van der Waals surface area contributed by atoms with Crippen molar-refractivity contribution in [2.45, 2.75) is 31.3 Å². The number of sulfonamides is 1. The second-order valence-corrected chi connectivity index (χ2v) is 11.7. The minimum absolute atomic E-state index is 0.228. The average Bonchev–Trinajstić information content (AvgIpc) is 3.48. The smallest absolute Gasteiger partial charge is 0.244 e. The van der Waals surface area contributed by atoms with E-state index in [1.165, 1.54) is 27.4 Å². The summed E-state index contributed by atoms with van der Waals surface area (Å²) in [5.74, 6) is 0.415. The number of hydrogen-bond donors (Lipinski definition) is 1. The highest BCUT2D eigenvalue weighted by atomic mass is 32.2. The highest BCUT2D eigenvalue weighted by molar-refractivity contribution is 8.00. The standard InChI is InChI=1S/C20H21N3O3S4/c1-13-5-6-16(8-14(13)2)30(25,26)23-12-27-11-17(23)19(24)21-9-15-10-29-20(22-15)18-4-3-7-28-18/h3-8,10,17H,9,11-12H2,1-2H3,(H,21,24). The van der Waals surface area contributed by atoms with Crippen molar-refractivity contribution >= 4 is 50.4 Å². The van der Waals surface area contributed by atoms with Crippen LogP contribution in [-0.4, -0.2) is 41.3 Å². The largest absolute Gasteiger partial charge is 0.349 e. The van der Waals surface area contributed by atoms with Crippen molar-refractivity contribution in [3.8, 4) is 9.88 Å². The Balaban J connectivity index is 1.45. The topological polar surface area (TPSA) is 79.4 Å². The Bertz CT molecular complexity index is 1160. The Morgan fingerprint density at radius 1 is 1.23 bits per heavy atom. The van der Waals surface area contributed by atoms with Crippen molar-refractivity contribution in [3.05, 3.63) is 57.9 Å². The normalized spacial score (nSPS) is 17.3. The fraction of sp³-hybridized carbons (Fsp3) is 0.300. The van der Waals surface area contributed by atoms with Crippen molar-refractivity contribution in [2.75, 3.05) is 11.6 Å². The van der Waals surface area contributed by atoms with E-state index in [0.717, 1.165) is 26.7 Å². The summed E-state index contributed by atoms with van der Waals surface area (Å²) in [5.41, 5.74) is 2.71. The SMILES string of the molecule is Cc1ccc(S(=O)(=O)N2CSCC2C(=O)NCc2csc(-c3cccs3)n2)cc1C. The van der Waals surface area contributed by atoms with Crippen LogP contribution in [0.2, 0.25) is 0 Å². The predicted octanol–water partition coefficient (Wildman–Crippen LogP) is 3.87. The van der Waals surface area contributed by atoms with Crippen LogP contribution in [0.4, 0.5) is 0 Å². The van der Waals surface area contributed by atoms with E-state index >= 15 is 0 Å². The number of hydrogen-bond acceptors (Lipinski definition) is 7. The molecule has 1 atom stereocenters. The maximum atomic E-state index is 13.1. The van der Waals surface area contributed by atoms with Gasteiger partial charge in [-0.05, 0) is 48.6 Å². The molecule has 10 heteroatoms. The minimum atomic E-state index is -3.74. The summed E-state index contributed by atoms with van der Waals surface area (Å²) in [6.07, 6.45) is 0. The van der Waals surface area contributed by atoms with Crippen LogP contribution in [0.5, 0.6) is 0 Å². The van der Waals surface area contributed by atoms with Crippen LogP contribution in [0, 0.1) is 13.8 Å². The lowest BCUT2D eigenvalue weighted by Crippen LogP contribution is -2.47. The lowest BCUT2D eigenvalue weighted by atomic mass is 10.1. The van der Waals surface area contributed by atoms with E-state index in [2.05, 4.69) is 10.3 Å². The number of carbonyl (C=O) groups is 1. The van der Waals surface area contributed by atoms with Gasteiger partial charge in [-0.3, -0.25) is 4.79 Å². The number of thioether (sulfide) groups is 1. The van der Waals surface area contributed by atoms with E-state index in [-0.39, 0.29) is 23.2 Å². The van der Waals surface area contributed by atoms with Gasteiger partial charge in [-0.2, -0.15) is 4.31 Å². The molecular weight excluding hydrogens is 459 g/mol. The molecule has 1 aliphatic rings. The molecule has 3 heterocycles. The molecule has 1 aromatic carbocycles. The fourth-order valence-corrected chi connectivity index (χ4v) is 7.95. The first-order valence-corrected chi connectivity index (χ1v) is 13.6. The highest BCUT2D eigenvalue weighted by Crippen LogP contribution is 2.30. The molecule has 3 aromatic rings. The Hall–Kier alpha value is -1.72. The summed E-state index contributed by atoms with van der Waals surface area (Å²) in [5, 5.41) is 7.70. The molecule has 0 radical (unpaired) electrons. The molecule has 1 saturated heterocycles. The highest BCUT2D eigenvalue weighted by Gasteiger charge is 2.40. The zero-order valence-corrected chi connectivity index (χ0v) is 19.8. The van der Waals surface area contributed by atoms with Gasteiger partial charge in [-0.25, -0.2) is 13.4 Å². The van der Waals surface area contributed by atoms with E-state index < -0.39 is 16.1 Å². The van der Waals surface area contributed by atoms with Gasteiger partial charge in [-0.15, -0.1) is 34.4 Å². The fourth-order valence-electron chi connectivity index (χ4n) is 3.08. The number of amides is 1. The van der Waals surface area contributed by atoms with Gasteiger partial charge in [0.1, 0.15) is 11.0 Å². The van der Waals surface area contributed by atoms with Crippen LogP contribution in [0.25, 0.3) is 9.88 Å².